The molecular formula is C21H16N2O4. The molecule has 0 heterocycles. The first-order valence-corrected chi connectivity index (χ1v) is 8.18. The maximum Gasteiger partial charge on any atom is 0.276 e. The Morgan fingerprint density at radius 1 is 0.926 bits per heavy atom. The Labute approximate surface area is 155 Å². The fourth-order valence-corrected chi connectivity index (χ4v) is 2.41. The topological polar surface area (TPSA) is 81.5 Å². The molecule has 0 aromatic heterocycles. The third kappa shape index (κ3) is 4.79. The summed E-state index contributed by atoms with van der Waals surface area (Å²) in [5.74, 6) is 0.725. The fraction of sp³-hybridized carbons (Fsp3) is 0. The zero-order valence-corrected chi connectivity index (χ0v) is 14.2. The van der Waals surface area contributed by atoms with Gasteiger partial charge in [-0.15, -0.1) is 0 Å². The van der Waals surface area contributed by atoms with Crippen LogP contribution in [-0.2, 0) is 4.79 Å². The smallest absolute Gasteiger partial charge is 0.276 e. The third-order valence-corrected chi connectivity index (χ3v) is 3.66. The Morgan fingerprint density at radius 3 is 2.37 bits per heavy atom. The molecule has 3 aromatic rings. The minimum atomic E-state index is -0.486. The van der Waals surface area contributed by atoms with E-state index in [1.807, 2.05) is 30.3 Å². The van der Waals surface area contributed by atoms with Gasteiger partial charge in [-0.2, -0.15) is 0 Å². The summed E-state index contributed by atoms with van der Waals surface area (Å²) < 4.78 is 5.80. The first-order valence-electron chi connectivity index (χ1n) is 8.18. The van der Waals surface area contributed by atoms with Crippen LogP contribution in [0.4, 0.5) is 11.4 Å². The van der Waals surface area contributed by atoms with E-state index in [2.05, 4.69) is 5.32 Å². The van der Waals surface area contributed by atoms with Crippen LogP contribution < -0.4 is 10.1 Å². The predicted octanol–water partition coefficient (Wildman–Crippen LogP) is 5.04. The molecule has 0 aliphatic carbocycles. The second-order valence-electron chi connectivity index (χ2n) is 5.55. The fourth-order valence-electron chi connectivity index (χ4n) is 2.41. The van der Waals surface area contributed by atoms with Gasteiger partial charge in [-0.1, -0.05) is 42.5 Å². The molecule has 0 radical (unpaired) electrons. The van der Waals surface area contributed by atoms with Crippen molar-refractivity contribution in [1.29, 1.82) is 0 Å². The highest BCUT2D eigenvalue weighted by Crippen LogP contribution is 2.29. The predicted molar refractivity (Wildman–Crippen MR) is 104 cm³/mol. The average molecular weight is 360 g/mol. The number of nitro benzene ring substituents is 1. The summed E-state index contributed by atoms with van der Waals surface area (Å²) in [4.78, 5) is 22.8. The summed E-state index contributed by atoms with van der Waals surface area (Å²) in [7, 11) is 0. The lowest BCUT2D eigenvalue weighted by atomic mass is 10.1. The summed E-state index contributed by atoms with van der Waals surface area (Å²) in [5.41, 5.74) is 0.791. The Morgan fingerprint density at radius 2 is 1.59 bits per heavy atom. The normalized spacial score (nSPS) is 10.5. The van der Waals surface area contributed by atoms with Crippen molar-refractivity contribution in [2.24, 2.45) is 0 Å². The van der Waals surface area contributed by atoms with E-state index in [9.17, 15) is 14.9 Å². The highest BCUT2D eigenvalue weighted by atomic mass is 16.6. The van der Waals surface area contributed by atoms with Crippen molar-refractivity contribution in [2.45, 2.75) is 0 Å². The Balaban J connectivity index is 1.74. The quantitative estimate of drug-likeness (QED) is 0.379. The number of para-hydroxylation sites is 4. The molecule has 0 bridgehead atoms. The van der Waals surface area contributed by atoms with E-state index < -0.39 is 10.8 Å². The lowest BCUT2D eigenvalue weighted by Gasteiger charge is -2.11. The van der Waals surface area contributed by atoms with Crippen molar-refractivity contribution >= 4 is 23.4 Å². The van der Waals surface area contributed by atoms with Crippen LogP contribution >= 0.6 is 0 Å². The largest absolute Gasteiger partial charge is 0.455 e. The van der Waals surface area contributed by atoms with E-state index in [4.69, 9.17) is 4.74 Å². The van der Waals surface area contributed by atoms with Crippen LogP contribution in [0.2, 0.25) is 0 Å². The number of carbonyl (C=O) groups is 1. The van der Waals surface area contributed by atoms with Crippen molar-refractivity contribution in [3.63, 3.8) is 0 Å². The average Bonchev–Trinajstić information content (AvgIpc) is 2.69. The Hall–Kier alpha value is -3.93. The van der Waals surface area contributed by atoms with Crippen LogP contribution in [0.15, 0.2) is 84.9 Å². The van der Waals surface area contributed by atoms with Crippen molar-refractivity contribution in [1.82, 2.24) is 0 Å². The number of nitrogens with zero attached hydrogens (tertiary/aromatic N) is 1. The molecule has 1 N–H and O–H groups in total. The van der Waals surface area contributed by atoms with E-state index >= 15 is 0 Å². The van der Waals surface area contributed by atoms with Crippen LogP contribution in [0.5, 0.6) is 11.5 Å². The van der Waals surface area contributed by atoms with Crippen LogP contribution in [0.3, 0.4) is 0 Å². The van der Waals surface area contributed by atoms with Crippen LogP contribution in [-0.4, -0.2) is 10.8 Å². The molecule has 0 saturated heterocycles. The summed E-state index contributed by atoms with van der Waals surface area (Å²) in [6, 6.07) is 22.5. The Kier molecular flexibility index (Phi) is 5.59. The number of rotatable bonds is 6. The summed E-state index contributed by atoms with van der Waals surface area (Å²) in [6.45, 7) is 0. The second-order valence-corrected chi connectivity index (χ2v) is 5.55. The molecule has 3 rings (SSSR count). The van der Waals surface area contributed by atoms with Crippen LogP contribution in [0.25, 0.3) is 6.08 Å². The number of hydrogen-bond acceptors (Lipinski definition) is 4. The standard InChI is InChI=1S/C21H16N2O4/c24-21(15-14-16-8-4-6-12-19(16)23(25)26)22-18-11-5-7-13-20(18)27-17-9-2-1-3-10-17/h1-15H,(H,22,24)/b15-14+. The van der Waals surface area contributed by atoms with Gasteiger partial charge < -0.3 is 10.1 Å². The van der Waals surface area contributed by atoms with Crippen molar-refractivity contribution in [3.8, 4) is 11.5 Å². The van der Waals surface area contributed by atoms with Gasteiger partial charge in [0.05, 0.1) is 16.2 Å². The summed E-state index contributed by atoms with van der Waals surface area (Å²) in [5, 5.41) is 13.8. The Bertz CT molecular complexity index is 984. The van der Waals surface area contributed by atoms with Gasteiger partial charge in [-0.25, -0.2) is 0 Å². The van der Waals surface area contributed by atoms with Crippen molar-refractivity contribution in [3.05, 3.63) is 101 Å². The molecule has 134 valence electrons. The molecule has 0 spiro atoms. The van der Waals surface area contributed by atoms with Gasteiger partial charge in [0, 0.05) is 12.1 Å². The molecule has 6 heteroatoms. The minimum absolute atomic E-state index is 0.0608. The molecular weight excluding hydrogens is 344 g/mol. The number of nitrogens with one attached hydrogen (secondary N) is 1. The minimum Gasteiger partial charge on any atom is -0.455 e. The highest BCUT2D eigenvalue weighted by Gasteiger charge is 2.10. The van der Waals surface area contributed by atoms with Gasteiger partial charge in [0.25, 0.3) is 5.69 Å². The molecule has 0 unspecified atom stereocenters. The SMILES string of the molecule is O=C(/C=C/c1ccccc1[N+](=O)[O-])Nc1ccccc1Oc1ccccc1. The molecule has 0 atom stereocenters. The number of ether oxygens (including phenoxy) is 1. The van der Waals surface area contributed by atoms with Gasteiger partial charge in [0.1, 0.15) is 5.75 Å². The molecule has 1 amide bonds. The summed E-state index contributed by atoms with van der Waals surface area (Å²) >= 11 is 0. The van der Waals surface area contributed by atoms with Gasteiger partial charge >= 0.3 is 0 Å². The van der Waals surface area contributed by atoms with Crippen LogP contribution in [0, 0.1) is 10.1 Å². The number of benzene rings is 3. The number of hydrogen-bond donors (Lipinski definition) is 1. The van der Waals surface area contributed by atoms with Gasteiger partial charge in [0.15, 0.2) is 5.75 Å². The molecule has 0 saturated carbocycles. The zero-order valence-electron chi connectivity index (χ0n) is 14.2. The van der Waals surface area contributed by atoms with Crippen LogP contribution in [0.1, 0.15) is 5.56 Å². The van der Waals surface area contributed by atoms with E-state index in [0.717, 1.165) is 0 Å². The van der Waals surface area contributed by atoms with Gasteiger partial charge in [-0.05, 0) is 36.4 Å². The molecule has 3 aromatic carbocycles. The highest BCUT2D eigenvalue weighted by molar-refractivity contribution is 6.03. The number of anilines is 1. The lowest BCUT2D eigenvalue weighted by molar-refractivity contribution is -0.385. The monoisotopic (exact) mass is 360 g/mol. The molecule has 27 heavy (non-hydrogen) atoms. The van der Waals surface area contributed by atoms with E-state index in [0.29, 0.717) is 22.7 Å². The zero-order chi connectivity index (χ0) is 19.1. The first kappa shape index (κ1) is 17.9. The molecule has 0 aliphatic heterocycles. The van der Waals surface area contributed by atoms with Crippen molar-refractivity contribution in [2.75, 3.05) is 5.32 Å². The number of carbonyl (C=O) groups excluding carboxylic acids is 1. The van der Waals surface area contributed by atoms with Gasteiger partial charge in [-0.3, -0.25) is 14.9 Å². The maximum atomic E-state index is 12.2. The lowest BCUT2D eigenvalue weighted by Crippen LogP contribution is -2.08. The van der Waals surface area contributed by atoms with Gasteiger partial charge in [0.2, 0.25) is 5.91 Å². The van der Waals surface area contributed by atoms with E-state index in [1.165, 1.54) is 18.2 Å². The molecule has 0 aliphatic rings. The second kappa shape index (κ2) is 8.44. The maximum absolute atomic E-state index is 12.2. The van der Waals surface area contributed by atoms with Crippen molar-refractivity contribution < 1.29 is 14.5 Å². The van der Waals surface area contributed by atoms with E-state index in [1.54, 1.807) is 42.5 Å². The third-order valence-electron chi connectivity index (χ3n) is 3.66. The van der Waals surface area contributed by atoms with E-state index in [-0.39, 0.29) is 5.69 Å². The first-order chi connectivity index (χ1) is 13.1. The molecule has 0 fully saturated rings. The molecule has 6 nitrogen and oxygen atoms in total. The summed E-state index contributed by atoms with van der Waals surface area (Å²) in [6.07, 6.45) is 2.66. The number of nitro groups is 1. The number of amides is 1.